The maximum Gasteiger partial charge on any atom is 0.407 e. The quantitative estimate of drug-likeness (QED) is 0.614. The number of esters is 1. The van der Waals surface area contributed by atoms with Crippen LogP contribution in [-0.4, -0.2) is 18.1 Å². The zero-order chi connectivity index (χ0) is 19.3. The number of hydrogen-bond acceptors (Lipinski definition) is 4. The number of hydrogen-bond donors (Lipinski definition) is 1. The maximum atomic E-state index is 12.7. The van der Waals surface area contributed by atoms with Crippen LogP contribution < -0.4 is 5.32 Å². The van der Waals surface area contributed by atoms with Gasteiger partial charge in [0.25, 0.3) is 0 Å². The van der Waals surface area contributed by atoms with Gasteiger partial charge in [-0.3, -0.25) is 4.79 Å². The predicted molar refractivity (Wildman–Crippen MR) is 104 cm³/mol. The van der Waals surface area contributed by atoms with Gasteiger partial charge in [0.2, 0.25) is 0 Å². The summed E-state index contributed by atoms with van der Waals surface area (Å²) in [5.74, 6) is -0.395. The van der Waals surface area contributed by atoms with Crippen molar-refractivity contribution in [3.63, 3.8) is 0 Å². The summed E-state index contributed by atoms with van der Waals surface area (Å²) in [5, 5.41) is 2.90. The minimum absolute atomic E-state index is 0.104. The van der Waals surface area contributed by atoms with Gasteiger partial charge in [0.1, 0.15) is 13.2 Å². The first-order chi connectivity index (χ1) is 13.7. The van der Waals surface area contributed by atoms with Crippen LogP contribution in [0.2, 0.25) is 0 Å². The molecule has 2 aliphatic rings. The molecule has 0 spiro atoms. The SMILES string of the molecule is O=C(N[C@H]1[C@@H](C(=O)OCc2ccccc2)[C@@H]2C=C[C@H]1C2)OCc1ccccc1. The van der Waals surface area contributed by atoms with E-state index >= 15 is 0 Å². The smallest absolute Gasteiger partial charge is 0.407 e. The summed E-state index contributed by atoms with van der Waals surface area (Å²) < 4.78 is 10.9. The van der Waals surface area contributed by atoms with Gasteiger partial charge >= 0.3 is 12.1 Å². The molecule has 0 saturated heterocycles. The molecule has 4 atom stereocenters. The van der Waals surface area contributed by atoms with Crippen molar-refractivity contribution in [2.45, 2.75) is 25.7 Å². The van der Waals surface area contributed by atoms with E-state index < -0.39 is 6.09 Å². The van der Waals surface area contributed by atoms with Gasteiger partial charge in [-0.2, -0.15) is 0 Å². The number of carbonyl (C=O) groups is 2. The highest BCUT2D eigenvalue weighted by Crippen LogP contribution is 2.44. The second kappa shape index (κ2) is 8.30. The minimum Gasteiger partial charge on any atom is -0.461 e. The molecule has 0 heterocycles. The van der Waals surface area contributed by atoms with Crippen LogP contribution in [0.5, 0.6) is 0 Å². The van der Waals surface area contributed by atoms with Gasteiger partial charge in [-0.15, -0.1) is 0 Å². The number of nitrogens with one attached hydrogen (secondary N) is 1. The zero-order valence-corrected chi connectivity index (χ0v) is 15.5. The summed E-state index contributed by atoms with van der Waals surface area (Å²) in [7, 11) is 0. The standard InChI is InChI=1S/C23H23NO4/c25-22(27-14-16-7-3-1-4-8-16)20-18-11-12-19(13-18)21(20)24-23(26)28-15-17-9-5-2-6-10-17/h1-12,18-21H,13-15H2,(H,24,26)/t18-,19+,20+,21-/m1/s1. The average molecular weight is 377 g/mol. The van der Waals surface area contributed by atoms with Gasteiger partial charge in [-0.05, 0) is 29.4 Å². The summed E-state index contributed by atoms with van der Waals surface area (Å²) in [6.45, 7) is 0.439. The molecule has 144 valence electrons. The Hall–Kier alpha value is -3.08. The topological polar surface area (TPSA) is 64.6 Å². The number of ether oxygens (including phenoxy) is 2. The number of allylic oxidation sites excluding steroid dienone is 1. The van der Waals surface area contributed by atoms with Crippen molar-refractivity contribution in [3.8, 4) is 0 Å². The minimum atomic E-state index is -0.504. The number of amides is 1. The highest BCUT2D eigenvalue weighted by atomic mass is 16.5. The van der Waals surface area contributed by atoms with E-state index in [1.54, 1.807) is 0 Å². The number of rotatable bonds is 6. The summed E-state index contributed by atoms with van der Waals surface area (Å²) in [4.78, 5) is 25.0. The van der Waals surface area contributed by atoms with Crippen LogP contribution in [0.1, 0.15) is 17.5 Å². The highest BCUT2D eigenvalue weighted by Gasteiger charge is 2.49. The normalized spacial score (nSPS) is 24.7. The first-order valence-corrected chi connectivity index (χ1v) is 9.57. The molecule has 0 aliphatic heterocycles. The van der Waals surface area contributed by atoms with Crippen molar-refractivity contribution < 1.29 is 19.1 Å². The second-order valence-electron chi connectivity index (χ2n) is 7.30. The molecule has 2 bridgehead atoms. The third-order valence-corrected chi connectivity index (χ3v) is 5.45. The predicted octanol–water partition coefficient (Wildman–Crippen LogP) is 3.85. The van der Waals surface area contributed by atoms with Crippen molar-refractivity contribution in [3.05, 3.63) is 83.9 Å². The lowest BCUT2D eigenvalue weighted by Crippen LogP contribution is -2.46. The molecular weight excluding hydrogens is 354 g/mol. The molecule has 0 aromatic heterocycles. The monoisotopic (exact) mass is 377 g/mol. The van der Waals surface area contributed by atoms with E-state index in [0.717, 1.165) is 17.5 Å². The Morgan fingerprint density at radius 3 is 2.04 bits per heavy atom. The fraction of sp³-hybridized carbons (Fsp3) is 0.304. The van der Waals surface area contributed by atoms with Gasteiger partial charge < -0.3 is 14.8 Å². The van der Waals surface area contributed by atoms with Crippen LogP contribution in [0.15, 0.2) is 72.8 Å². The van der Waals surface area contributed by atoms with E-state index in [0.29, 0.717) is 0 Å². The van der Waals surface area contributed by atoms with Gasteiger partial charge in [0.15, 0.2) is 0 Å². The van der Waals surface area contributed by atoms with E-state index in [1.165, 1.54) is 0 Å². The Bertz CT molecular complexity index is 849. The molecule has 28 heavy (non-hydrogen) atoms. The van der Waals surface area contributed by atoms with Crippen LogP contribution in [0.25, 0.3) is 0 Å². The van der Waals surface area contributed by atoms with Crippen LogP contribution in [0.3, 0.4) is 0 Å². The number of carbonyl (C=O) groups excluding carboxylic acids is 2. The lowest BCUT2D eigenvalue weighted by atomic mass is 9.89. The van der Waals surface area contributed by atoms with Crippen molar-refractivity contribution in [1.82, 2.24) is 5.32 Å². The molecule has 2 aromatic rings. The van der Waals surface area contributed by atoms with Gasteiger partial charge in [0, 0.05) is 0 Å². The molecule has 4 rings (SSSR count). The lowest BCUT2D eigenvalue weighted by molar-refractivity contribution is -0.151. The molecule has 2 aliphatic carbocycles. The number of alkyl carbamates (subject to hydrolysis) is 1. The Morgan fingerprint density at radius 2 is 1.39 bits per heavy atom. The maximum absolute atomic E-state index is 12.7. The fourth-order valence-corrected chi connectivity index (χ4v) is 4.07. The van der Waals surface area contributed by atoms with E-state index in [4.69, 9.17) is 9.47 Å². The van der Waals surface area contributed by atoms with Crippen LogP contribution in [-0.2, 0) is 27.5 Å². The number of benzene rings is 2. The molecule has 5 heteroatoms. The van der Waals surface area contributed by atoms with Crippen molar-refractivity contribution in [2.24, 2.45) is 17.8 Å². The first kappa shape index (κ1) is 18.3. The molecular formula is C23H23NO4. The Morgan fingerprint density at radius 1 is 0.821 bits per heavy atom. The molecule has 2 aromatic carbocycles. The van der Waals surface area contributed by atoms with Gasteiger partial charge in [0.05, 0.1) is 12.0 Å². The third-order valence-electron chi connectivity index (χ3n) is 5.45. The Balaban J connectivity index is 1.34. The molecule has 1 saturated carbocycles. The summed E-state index contributed by atoms with van der Waals surface area (Å²) in [5.41, 5.74) is 1.87. The van der Waals surface area contributed by atoms with Crippen molar-refractivity contribution in [1.29, 1.82) is 0 Å². The molecule has 1 N–H and O–H groups in total. The highest BCUT2D eigenvalue weighted by molar-refractivity contribution is 5.77. The molecule has 0 unspecified atom stereocenters. The summed E-state index contributed by atoms with van der Waals surface area (Å²) >= 11 is 0. The van der Waals surface area contributed by atoms with E-state index in [2.05, 4.69) is 17.5 Å². The Labute approximate surface area is 164 Å². The van der Waals surface area contributed by atoms with E-state index in [9.17, 15) is 9.59 Å². The van der Waals surface area contributed by atoms with Crippen LogP contribution >= 0.6 is 0 Å². The summed E-state index contributed by atoms with van der Waals surface area (Å²) in [6.07, 6.45) is 4.49. The molecule has 5 nitrogen and oxygen atoms in total. The van der Waals surface area contributed by atoms with E-state index in [-0.39, 0.29) is 43.0 Å². The van der Waals surface area contributed by atoms with Crippen molar-refractivity contribution in [2.75, 3.05) is 0 Å². The lowest BCUT2D eigenvalue weighted by Gasteiger charge is -2.27. The largest absolute Gasteiger partial charge is 0.461 e. The van der Waals surface area contributed by atoms with E-state index in [1.807, 2.05) is 60.7 Å². The second-order valence-corrected chi connectivity index (χ2v) is 7.30. The average Bonchev–Trinajstić information content (AvgIpc) is 3.34. The van der Waals surface area contributed by atoms with Gasteiger partial charge in [-0.25, -0.2) is 4.79 Å². The molecule has 0 radical (unpaired) electrons. The number of fused-ring (bicyclic) bond motifs is 2. The first-order valence-electron chi connectivity index (χ1n) is 9.57. The fourth-order valence-electron chi connectivity index (χ4n) is 4.07. The zero-order valence-electron chi connectivity index (χ0n) is 15.5. The molecule has 1 fully saturated rings. The van der Waals surface area contributed by atoms with Crippen molar-refractivity contribution >= 4 is 12.1 Å². The van der Waals surface area contributed by atoms with Gasteiger partial charge in [-0.1, -0.05) is 72.8 Å². The summed E-state index contributed by atoms with van der Waals surface area (Å²) in [6, 6.07) is 18.8. The third kappa shape index (κ3) is 4.09. The van der Waals surface area contributed by atoms with Crippen LogP contribution in [0.4, 0.5) is 4.79 Å². The Kier molecular flexibility index (Phi) is 5.42. The molecule has 1 amide bonds. The van der Waals surface area contributed by atoms with Crippen LogP contribution in [0, 0.1) is 17.8 Å².